The summed E-state index contributed by atoms with van der Waals surface area (Å²) < 4.78 is 0. The van der Waals surface area contributed by atoms with Crippen LogP contribution in [0.2, 0.25) is 5.02 Å². The molecule has 0 saturated heterocycles. The van der Waals surface area contributed by atoms with Crippen molar-refractivity contribution in [3.63, 3.8) is 0 Å². The minimum atomic E-state index is -1.70. The van der Waals surface area contributed by atoms with E-state index >= 15 is 0 Å². The molecule has 3 aromatic rings. The topological polar surface area (TPSA) is 37.3 Å². The van der Waals surface area contributed by atoms with Crippen LogP contribution in [0, 0.1) is 23.7 Å². The Morgan fingerprint density at radius 1 is 0.862 bits per heavy atom. The molecular formula is C26H17ClO2. The van der Waals surface area contributed by atoms with Gasteiger partial charge in [-0.05, 0) is 47.7 Å². The van der Waals surface area contributed by atoms with E-state index in [0.29, 0.717) is 22.4 Å². The van der Waals surface area contributed by atoms with Gasteiger partial charge in [-0.2, -0.15) is 0 Å². The summed E-state index contributed by atoms with van der Waals surface area (Å²) in [4.78, 5) is 11.1. The summed E-state index contributed by atoms with van der Waals surface area (Å²) in [5, 5.41) is 11.9. The predicted molar refractivity (Wildman–Crippen MR) is 117 cm³/mol. The third-order valence-corrected chi connectivity index (χ3v) is 4.37. The van der Waals surface area contributed by atoms with Gasteiger partial charge in [-0.3, -0.25) is 4.79 Å². The molecule has 0 radical (unpaired) electrons. The Labute approximate surface area is 175 Å². The summed E-state index contributed by atoms with van der Waals surface area (Å²) in [5.41, 5.74) is 0.807. The summed E-state index contributed by atoms with van der Waals surface area (Å²) in [6, 6.07) is 25.4. The van der Waals surface area contributed by atoms with Crippen LogP contribution in [0.4, 0.5) is 0 Å². The van der Waals surface area contributed by atoms with E-state index in [1.165, 1.54) is 6.08 Å². The van der Waals surface area contributed by atoms with Crippen LogP contribution in [0.3, 0.4) is 0 Å². The van der Waals surface area contributed by atoms with Gasteiger partial charge < -0.3 is 5.11 Å². The highest BCUT2D eigenvalue weighted by molar-refractivity contribution is 6.30. The number of carbonyl (C=O) groups is 1. The van der Waals surface area contributed by atoms with Gasteiger partial charge in [0.2, 0.25) is 5.60 Å². The SMILES string of the molecule is O=C/C=C(\C#CC(O)(C#Cc1ccccc1)c1ccccc1)c1ccc(Cl)cc1. The molecule has 0 saturated carbocycles. The molecule has 0 amide bonds. The number of aliphatic hydroxyl groups is 1. The molecule has 0 spiro atoms. The van der Waals surface area contributed by atoms with E-state index in [0.717, 1.165) is 11.1 Å². The largest absolute Gasteiger partial charge is 0.363 e. The van der Waals surface area contributed by atoms with Gasteiger partial charge in [-0.15, -0.1) is 0 Å². The highest BCUT2D eigenvalue weighted by atomic mass is 35.5. The minimum Gasteiger partial charge on any atom is -0.363 e. The average molecular weight is 397 g/mol. The number of carbonyl (C=O) groups excluding carboxylic acids is 1. The molecule has 3 aromatic carbocycles. The van der Waals surface area contributed by atoms with Gasteiger partial charge in [-0.1, -0.05) is 84.1 Å². The second kappa shape index (κ2) is 9.58. The molecule has 29 heavy (non-hydrogen) atoms. The molecule has 0 aliphatic carbocycles. The van der Waals surface area contributed by atoms with Crippen molar-refractivity contribution in [3.05, 3.63) is 113 Å². The third kappa shape index (κ3) is 5.47. The summed E-state index contributed by atoms with van der Waals surface area (Å²) >= 11 is 5.94. The molecule has 0 fully saturated rings. The van der Waals surface area contributed by atoms with Crippen molar-refractivity contribution in [3.8, 4) is 23.7 Å². The Kier molecular flexibility index (Phi) is 6.67. The molecule has 1 atom stereocenters. The van der Waals surface area contributed by atoms with Crippen LogP contribution >= 0.6 is 11.6 Å². The molecule has 2 nitrogen and oxygen atoms in total. The second-order valence-corrected chi connectivity index (χ2v) is 6.60. The lowest BCUT2D eigenvalue weighted by Gasteiger charge is -2.16. The molecule has 1 N–H and O–H groups in total. The summed E-state index contributed by atoms with van der Waals surface area (Å²) in [6.45, 7) is 0. The lowest BCUT2D eigenvalue weighted by atomic mass is 9.93. The smallest absolute Gasteiger partial charge is 0.214 e. The number of allylic oxidation sites excluding steroid dienone is 2. The van der Waals surface area contributed by atoms with Crippen molar-refractivity contribution < 1.29 is 9.90 Å². The number of benzene rings is 3. The van der Waals surface area contributed by atoms with Gasteiger partial charge in [-0.25, -0.2) is 0 Å². The van der Waals surface area contributed by atoms with E-state index in [9.17, 15) is 9.90 Å². The van der Waals surface area contributed by atoms with Gasteiger partial charge in [0.05, 0.1) is 0 Å². The third-order valence-electron chi connectivity index (χ3n) is 4.12. The normalized spacial score (nSPS) is 12.6. The lowest BCUT2D eigenvalue weighted by molar-refractivity contribution is -0.104. The van der Waals surface area contributed by atoms with Gasteiger partial charge in [0, 0.05) is 21.7 Å². The zero-order valence-electron chi connectivity index (χ0n) is 15.5. The number of rotatable bonds is 3. The first-order valence-electron chi connectivity index (χ1n) is 8.91. The Bertz CT molecular complexity index is 1130. The predicted octanol–water partition coefficient (Wildman–Crippen LogP) is 4.87. The van der Waals surface area contributed by atoms with Crippen LogP contribution in [0.15, 0.2) is 91.0 Å². The second-order valence-electron chi connectivity index (χ2n) is 6.17. The number of hydrogen-bond donors (Lipinski definition) is 1. The number of halogens is 1. The highest BCUT2D eigenvalue weighted by Gasteiger charge is 2.24. The fraction of sp³-hybridized carbons (Fsp3) is 0.0385. The van der Waals surface area contributed by atoms with Crippen LogP contribution in [0.25, 0.3) is 5.57 Å². The Morgan fingerprint density at radius 2 is 1.48 bits per heavy atom. The van der Waals surface area contributed by atoms with E-state index in [-0.39, 0.29) is 0 Å². The highest BCUT2D eigenvalue weighted by Crippen LogP contribution is 2.22. The first kappa shape index (κ1) is 20.2. The molecule has 0 bridgehead atoms. The number of aldehydes is 1. The first-order chi connectivity index (χ1) is 14.1. The van der Waals surface area contributed by atoms with Gasteiger partial charge >= 0.3 is 0 Å². The van der Waals surface area contributed by atoms with E-state index < -0.39 is 5.60 Å². The van der Waals surface area contributed by atoms with E-state index in [2.05, 4.69) is 23.7 Å². The van der Waals surface area contributed by atoms with Crippen molar-refractivity contribution in [1.29, 1.82) is 0 Å². The van der Waals surface area contributed by atoms with Crippen molar-refractivity contribution in [2.24, 2.45) is 0 Å². The van der Waals surface area contributed by atoms with Gasteiger partial charge in [0.15, 0.2) is 0 Å². The van der Waals surface area contributed by atoms with Crippen LogP contribution in [0.1, 0.15) is 16.7 Å². The first-order valence-corrected chi connectivity index (χ1v) is 9.29. The van der Waals surface area contributed by atoms with E-state index in [1.54, 1.807) is 36.4 Å². The molecule has 1 unspecified atom stereocenters. The summed E-state index contributed by atoms with van der Waals surface area (Å²) in [6.07, 6.45) is 2.02. The van der Waals surface area contributed by atoms with Crippen molar-refractivity contribution in [2.45, 2.75) is 5.60 Å². The van der Waals surface area contributed by atoms with Crippen molar-refractivity contribution >= 4 is 23.5 Å². The minimum absolute atomic E-state index is 0.465. The maximum absolute atomic E-state index is 11.3. The summed E-state index contributed by atoms with van der Waals surface area (Å²) in [7, 11) is 0. The fourth-order valence-electron chi connectivity index (χ4n) is 2.60. The lowest BCUT2D eigenvalue weighted by Crippen LogP contribution is -2.21. The molecule has 0 aliphatic rings. The van der Waals surface area contributed by atoms with Crippen LogP contribution in [-0.2, 0) is 10.4 Å². The number of hydrogen-bond acceptors (Lipinski definition) is 2. The standard InChI is InChI=1S/C26H17ClO2/c27-25-13-11-22(12-14-25)23(17-20-28)16-19-26(29,24-9-5-2-6-10-24)18-15-21-7-3-1-4-8-21/h1-14,17,20,29H/b23-17+. The van der Waals surface area contributed by atoms with Crippen molar-refractivity contribution in [1.82, 2.24) is 0 Å². The van der Waals surface area contributed by atoms with E-state index in [1.807, 2.05) is 48.5 Å². The Morgan fingerprint density at radius 3 is 2.10 bits per heavy atom. The molecular weight excluding hydrogens is 380 g/mol. The monoisotopic (exact) mass is 396 g/mol. The molecule has 0 aliphatic heterocycles. The average Bonchev–Trinajstić information content (AvgIpc) is 2.77. The fourth-order valence-corrected chi connectivity index (χ4v) is 2.73. The molecule has 0 heterocycles. The Balaban J connectivity index is 2.06. The van der Waals surface area contributed by atoms with E-state index in [4.69, 9.17) is 11.6 Å². The molecule has 0 aromatic heterocycles. The Hall–Kier alpha value is -3.56. The van der Waals surface area contributed by atoms with Crippen LogP contribution in [-0.4, -0.2) is 11.4 Å². The van der Waals surface area contributed by atoms with Gasteiger partial charge in [0.1, 0.15) is 6.29 Å². The maximum Gasteiger partial charge on any atom is 0.214 e. The molecule has 140 valence electrons. The van der Waals surface area contributed by atoms with Gasteiger partial charge in [0.25, 0.3) is 0 Å². The molecule has 3 heteroatoms. The van der Waals surface area contributed by atoms with Crippen molar-refractivity contribution in [2.75, 3.05) is 0 Å². The maximum atomic E-state index is 11.3. The molecule has 3 rings (SSSR count). The quantitative estimate of drug-likeness (QED) is 0.390. The summed E-state index contributed by atoms with van der Waals surface area (Å²) in [5.74, 6) is 11.6. The van der Waals surface area contributed by atoms with Crippen LogP contribution < -0.4 is 0 Å². The van der Waals surface area contributed by atoms with Crippen LogP contribution in [0.5, 0.6) is 0 Å². The zero-order chi connectivity index (χ0) is 20.5. The zero-order valence-corrected chi connectivity index (χ0v) is 16.2.